The summed E-state index contributed by atoms with van der Waals surface area (Å²) in [6.45, 7) is 2.01. The van der Waals surface area contributed by atoms with Gasteiger partial charge >= 0.3 is 0 Å². The molecule has 0 saturated heterocycles. The van der Waals surface area contributed by atoms with Gasteiger partial charge in [0.2, 0.25) is 0 Å². The number of pyridine rings is 1. The number of para-hydroxylation sites is 2. The van der Waals surface area contributed by atoms with Crippen molar-refractivity contribution in [3.05, 3.63) is 106 Å². The maximum Gasteiger partial charge on any atom is 0.257 e. The van der Waals surface area contributed by atoms with Crippen LogP contribution in [-0.4, -0.2) is 44.8 Å². The smallest absolute Gasteiger partial charge is 0.257 e. The highest BCUT2D eigenvalue weighted by atomic mass is 16.5. The standard InChI is InChI=1S/C32H31N3O5/c1-38-28-15-10-21(20-29(28)39-2)16-17-33-18-19-40-23-13-11-22(12-14-23)34-32(37)26-8-5-7-25-30(26)35-27-9-4-3-6-24(27)31(25)36/h3-15,20,33H,16-19H2,1-2H3,(H,34,37)(H,35,36). The topological polar surface area (TPSA) is 102 Å². The normalized spacial score (nSPS) is 10.9. The molecule has 0 aliphatic rings. The number of carbonyl (C=O) groups is 1. The van der Waals surface area contributed by atoms with Crippen LogP contribution < -0.4 is 30.3 Å². The Morgan fingerprint density at radius 1 is 0.825 bits per heavy atom. The van der Waals surface area contributed by atoms with Gasteiger partial charge in [0.05, 0.1) is 25.3 Å². The first-order valence-corrected chi connectivity index (χ1v) is 13.1. The van der Waals surface area contributed by atoms with Crippen LogP contribution in [0, 0.1) is 0 Å². The van der Waals surface area contributed by atoms with Gasteiger partial charge in [-0.2, -0.15) is 0 Å². The number of carbonyl (C=O) groups excluding carboxylic acids is 1. The van der Waals surface area contributed by atoms with Gasteiger partial charge < -0.3 is 29.8 Å². The van der Waals surface area contributed by atoms with Crippen molar-refractivity contribution in [1.29, 1.82) is 0 Å². The second-order valence-corrected chi connectivity index (χ2v) is 9.24. The maximum absolute atomic E-state index is 13.1. The molecule has 8 heteroatoms. The third kappa shape index (κ3) is 5.92. The van der Waals surface area contributed by atoms with E-state index >= 15 is 0 Å². The van der Waals surface area contributed by atoms with Crippen molar-refractivity contribution < 1.29 is 19.0 Å². The Morgan fingerprint density at radius 3 is 2.40 bits per heavy atom. The lowest BCUT2D eigenvalue weighted by molar-refractivity contribution is 0.102. The second kappa shape index (κ2) is 12.4. The molecule has 4 aromatic carbocycles. The molecular formula is C32H31N3O5. The number of amides is 1. The summed E-state index contributed by atoms with van der Waals surface area (Å²) in [6, 6.07) is 25.6. The average molecular weight is 538 g/mol. The van der Waals surface area contributed by atoms with Crippen molar-refractivity contribution in [2.45, 2.75) is 6.42 Å². The van der Waals surface area contributed by atoms with Gasteiger partial charge in [0.25, 0.3) is 5.91 Å². The Kier molecular flexibility index (Phi) is 8.27. The number of rotatable bonds is 11. The minimum atomic E-state index is -0.302. The zero-order chi connectivity index (χ0) is 27.9. The van der Waals surface area contributed by atoms with Gasteiger partial charge in [-0.3, -0.25) is 9.59 Å². The predicted octanol–water partition coefficient (Wildman–Crippen LogP) is 5.16. The minimum absolute atomic E-state index is 0.101. The van der Waals surface area contributed by atoms with Crippen LogP contribution in [0.2, 0.25) is 0 Å². The first-order valence-electron chi connectivity index (χ1n) is 13.1. The first kappa shape index (κ1) is 26.8. The molecule has 0 aliphatic carbocycles. The highest BCUT2D eigenvalue weighted by Gasteiger charge is 2.14. The number of methoxy groups -OCH3 is 2. The SMILES string of the molecule is COc1ccc(CCNCCOc2ccc(NC(=O)c3cccc4c(=O)c5ccccc5[nH]c34)cc2)cc1OC. The van der Waals surface area contributed by atoms with Crippen LogP contribution in [0.5, 0.6) is 17.2 Å². The van der Waals surface area contributed by atoms with Gasteiger partial charge in [-0.15, -0.1) is 0 Å². The molecule has 1 aromatic heterocycles. The van der Waals surface area contributed by atoms with Crippen LogP contribution in [0.25, 0.3) is 21.8 Å². The van der Waals surface area contributed by atoms with E-state index in [0.717, 1.165) is 30.0 Å². The van der Waals surface area contributed by atoms with Crippen molar-refractivity contribution in [3.63, 3.8) is 0 Å². The highest BCUT2D eigenvalue weighted by Crippen LogP contribution is 2.27. The fourth-order valence-electron chi connectivity index (χ4n) is 4.60. The lowest BCUT2D eigenvalue weighted by atomic mass is 10.1. The zero-order valence-electron chi connectivity index (χ0n) is 22.5. The van der Waals surface area contributed by atoms with E-state index in [1.165, 1.54) is 0 Å². The summed E-state index contributed by atoms with van der Waals surface area (Å²) < 4.78 is 16.5. The molecule has 1 amide bonds. The van der Waals surface area contributed by atoms with Crippen molar-refractivity contribution >= 4 is 33.4 Å². The summed E-state index contributed by atoms with van der Waals surface area (Å²) in [6.07, 6.45) is 0.857. The number of anilines is 1. The largest absolute Gasteiger partial charge is 0.493 e. The number of fused-ring (bicyclic) bond motifs is 2. The average Bonchev–Trinajstić information content (AvgIpc) is 2.99. The minimum Gasteiger partial charge on any atom is -0.493 e. The molecule has 40 heavy (non-hydrogen) atoms. The molecule has 204 valence electrons. The summed E-state index contributed by atoms with van der Waals surface area (Å²) in [5.74, 6) is 1.85. The lowest BCUT2D eigenvalue weighted by Gasteiger charge is -2.11. The third-order valence-electron chi connectivity index (χ3n) is 6.68. The van der Waals surface area contributed by atoms with Gasteiger partial charge in [0, 0.05) is 28.5 Å². The molecule has 0 bridgehead atoms. The summed E-state index contributed by atoms with van der Waals surface area (Å²) >= 11 is 0. The van der Waals surface area contributed by atoms with Gasteiger partial charge in [-0.1, -0.05) is 24.3 Å². The van der Waals surface area contributed by atoms with E-state index in [0.29, 0.717) is 52.0 Å². The molecular weight excluding hydrogens is 506 g/mol. The first-order chi connectivity index (χ1) is 19.6. The molecule has 0 unspecified atom stereocenters. The molecule has 0 spiro atoms. The summed E-state index contributed by atoms with van der Waals surface area (Å²) in [4.78, 5) is 29.3. The number of ether oxygens (including phenoxy) is 3. The maximum atomic E-state index is 13.1. The van der Waals surface area contributed by atoms with Crippen molar-refractivity contribution in [1.82, 2.24) is 10.3 Å². The van der Waals surface area contributed by atoms with Gasteiger partial charge in [0.15, 0.2) is 16.9 Å². The number of aromatic nitrogens is 1. The van der Waals surface area contributed by atoms with Crippen molar-refractivity contribution in [2.24, 2.45) is 0 Å². The second-order valence-electron chi connectivity index (χ2n) is 9.24. The molecule has 0 aliphatic heterocycles. The quantitative estimate of drug-likeness (QED) is 0.159. The highest BCUT2D eigenvalue weighted by molar-refractivity contribution is 6.13. The number of benzene rings is 4. The molecule has 8 nitrogen and oxygen atoms in total. The van der Waals surface area contributed by atoms with E-state index in [2.05, 4.69) is 15.6 Å². The molecule has 3 N–H and O–H groups in total. The number of aromatic amines is 1. The Labute approximate surface area is 231 Å². The Balaban J connectivity index is 1.13. The zero-order valence-corrected chi connectivity index (χ0v) is 22.5. The van der Waals surface area contributed by atoms with E-state index in [9.17, 15) is 9.59 Å². The molecule has 0 radical (unpaired) electrons. The number of hydrogen-bond acceptors (Lipinski definition) is 6. The lowest BCUT2D eigenvalue weighted by Crippen LogP contribution is -2.23. The van der Waals surface area contributed by atoms with Crippen LogP contribution >= 0.6 is 0 Å². The van der Waals surface area contributed by atoms with E-state index < -0.39 is 0 Å². The number of H-pyrrole nitrogens is 1. The van der Waals surface area contributed by atoms with Gasteiger partial charge in [0.1, 0.15) is 12.4 Å². The monoisotopic (exact) mass is 537 g/mol. The molecule has 0 atom stereocenters. The summed E-state index contributed by atoms with van der Waals surface area (Å²) in [7, 11) is 3.26. The van der Waals surface area contributed by atoms with Crippen molar-refractivity contribution in [3.8, 4) is 17.2 Å². The molecule has 1 heterocycles. The van der Waals surface area contributed by atoms with Gasteiger partial charge in [-0.05, 0) is 79.2 Å². The van der Waals surface area contributed by atoms with Crippen LogP contribution in [0.3, 0.4) is 0 Å². The molecule has 5 aromatic rings. The van der Waals surface area contributed by atoms with Gasteiger partial charge in [-0.25, -0.2) is 0 Å². The summed E-state index contributed by atoms with van der Waals surface area (Å²) in [5.41, 5.74) is 3.30. The fourth-order valence-corrected chi connectivity index (χ4v) is 4.60. The van der Waals surface area contributed by atoms with Crippen LogP contribution in [0.1, 0.15) is 15.9 Å². The van der Waals surface area contributed by atoms with E-state index in [4.69, 9.17) is 14.2 Å². The number of nitrogens with one attached hydrogen (secondary N) is 3. The van der Waals surface area contributed by atoms with Crippen molar-refractivity contribution in [2.75, 3.05) is 39.2 Å². The Bertz CT molecular complexity index is 1700. The van der Waals surface area contributed by atoms with E-state index in [-0.39, 0.29) is 11.3 Å². The van der Waals surface area contributed by atoms with E-state index in [1.807, 2.05) is 48.5 Å². The Morgan fingerprint density at radius 2 is 1.60 bits per heavy atom. The number of hydrogen-bond donors (Lipinski definition) is 3. The van der Waals surface area contributed by atoms with Crippen LogP contribution in [0.4, 0.5) is 5.69 Å². The molecule has 0 saturated carbocycles. The fraction of sp³-hybridized carbons (Fsp3) is 0.188. The molecule has 5 rings (SSSR count). The molecule has 0 fully saturated rings. The van der Waals surface area contributed by atoms with Crippen LogP contribution in [0.15, 0.2) is 89.7 Å². The van der Waals surface area contributed by atoms with Crippen LogP contribution in [-0.2, 0) is 6.42 Å². The predicted molar refractivity (Wildman–Crippen MR) is 158 cm³/mol. The Hall–Kier alpha value is -4.82. The summed E-state index contributed by atoms with van der Waals surface area (Å²) in [5, 5.41) is 7.36. The third-order valence-corrected chi connectivity index (χ3v) is 6.68. The van der Waals surface area contributed by atoms with E-state index in [1.54, 1.807) is 50.6 Å².